The molecule has 5 nitrogen and oxygen atoms in total. The fraction of sp³-hybridized carbons (Fsp3) is 0.429. The zero-order valence-corrected chi connectivity index (χ0v) is 11.5. The number of aromatic nitrogens is 3. The molecule has 5 heteroatoms. The first kappa shape index (κ1) is 13.7. The predicted octanol–water partition coefficient (Wildman–Crippen LogP) is 2.21. The van der Waals surface area contributed by atoms with E-state index in [2.05, 4.69) is 29.5 Å². The molecule has 0 radical (unpaired) electrons. The molecule has 2 atom stereocenters. The fourth-order valence-electron chi connectivity index (χ4n) is 2.27. The fourth-order valence-corrected chi connectivity index (χ4v) is 2.27. The highest BCUT2D eigenvalue weighted by Gasteiger charge is 2.20. The van der Waals surface area contributed by atoms with Crippen molar-refractivity contribution in [1.29, 1.82) is 0 Å². The Morgan fingerprint density at radius 1 is 1.32 bits per heavy atom. The molecule has 102 valence electrons. The highest BCUT2D eigenvalue weighted by atomic mass is 15.5. The van der Waals surface area contributed by atoms with Crippen LogP contribution < -0.4 is 11.3 Å². The molecule has 2 aromatic rings. The summed E-state index contributed by atoms with van der Waals surface area (Å²) in [6.07, 6.45) is 4.02. The molecule has 1 aromatic heterocycles. The van der Waals surface area contributed by atoms with Gasteiger partial charge in [0.1, 0.15) is 5.69 Å². The third-order valence-electron chi connectivity index (χ3n) is 3.31. The molecular weight excluding hydrogens is 238 g/mol. The summed E-state index contributed by atoms with van der Waals surface area (Å²) in [7, 11) is 0. The van der Waals surface area contributed by atoms with E-state index in [1.165, 1.54) is 0 Å². The second-order valence-electron chi connectivity index (χ2n) is 4.80. The second-order valence-corrected chi connectivity index (χ2v) is 4.80. The van der Waals surface area contributed by atoms with Gasteiger partial charge in [-0.2, -0.15) is 15.0 Å². The van der Waals surface area contributed by atoms with Crippen LogP contribution in [0.1, 0.15) is 38.4 Å². The topological polar surface area (TPSA) is 68.8 Å². The average Bonchev–Trinajstić information content (AvgIpc) is 2.90. The molecule has 0 fully saturated rings. The lowest BCUT2D eigenvalue weighted by Crippen LogP contribution is -2.33. The van der Waals surface area contributed by atoms with Crippen molar-refractivity contribution in [2.45, 2.75) is 32.7 Å². The average molecular weight is 259 g/mol. The molecular formula is C14H21N5. The Hall–Kier alpha value is -1.72. The van der Waals surface area contributed by atoms with Gasteiger partial charge in [0.05, 0.1) is 17.9 Å². The van der Waals surface area contributed by atoms with Crippen LogP contribution in [0.25, 0.3) is 5.69 Å². The van der Waals surface area contributed by atoms with E-state index in [4.69, 9.17) is 5.84 Å². The molecule has 1 heterocycles. The van der Waals surface area contributed by atoms with Crippen LogP contribution in [-0.2, 0) is 0 Å². The molecule has 0 spiro atoms. The summed E-state index contributed by atoms with van der Waals surface area (Å²) < 4.78 is 0. The lowest BCUT2D eigenvalue weighted by Gasteiger charge is -2.20. The summed E-state index contributed by atoms with van der Waals surface area (Å²) in [5.41, 5.74) is 4.69. The number of hydrogen-bond acceptors (Lipinski definition) is 4. The van der Waals surface area contributed by atoms with Gasteiger partial charge in [-0.1, -0.05) is 38.5 Å². The number of benzene rings is 1. The molecule has 3 N–H and O–H groups in total. The largest absolute Gasteiger partial charge is 0.271 e. The Morgan fingerprint density at radius 2 is 2.05 bits per heavy atom. The standard InChI is InChI=1S/C14H21N5/c1-3-7-11(2)14(17-15)13-10-16-19(18-13)12-8-5-4-6-9-12/h4-6,8-11,14,17H,3,7,15H2,1-2H3. The van der Waals surface area contributed by atoms with Crippen molar-refractivity contribution in [1.82, 2.24) is 20.4 Å². The predicted molar refractivity (Wildman–Crippen MR) is 75.5 cm³/mol. The number of rotatable bonds is 6. The number of hydrogen-bond donors (Lipinski definition) is 2. The van der Waals surface area contributed by atoms with Crippen LogP contribution in [0, 0.1) is 5.92 Å². The molecule has 0 saturated heterocycles. The van der Waals surface area contributed by atoms with E-state index < -0.39 is 0 Å². The van der Waals surface area contributed by atoms with Crippen molar-refractivity contribution in [3.05, 3.63) is 42.2 Å². The number of nitrogens with zero attached hydrogens (tertiary/aromatic N) is 3. The van der Waals surface area contributed by atoms with Crippen molar-refractivity contribution in [3.8, 4) is 5.69 Å². The normalized spacial score (nSPS) is 14.3. The second kappa shape index (κ2) is 6.45. The van der Waals surface area contributed by atoms with E-state index in [1.54, 1.807) is 11.0 Å². The zero-order chi connectivity index (χ0) is 13.7. The summed E-state index contributed by atoms with van der Waals surface area (Å²) in [4.78, 5) is 1.64. The Labute approximate surface area is 113 Å². The van der Waals surface area contributed by atoms with Crippen molar-refractivity contribution in [2.24, 2.45) is 11.8 Å². The SMILES string of the molecule is CCCC(C)C(NN)c1cnn(-c2ccccc2)n1. The van der Waals surface area contributed by atoms with Crippen molar-refractivity contribution < 1.29 is 0 Å². The number of nitrogens with two attached hydrogens (primary N) is 1. The van der Waals surface area contributed by atoms with E-state index in [0.29, 0.717) is 5.92 Å². The molecule has 0 bridgehead atoms. The van der Waals surface area contributed by atoms with Gasteiger partial charge < -0.3 is 0 Å². The van der Waals surface area contributed by atoms with Crippen molar-refractivity contribution in [3.63, 3.8) is 0 Å². The maximum Gasteiger partial charge on any atom is 0.102 e. The van der Waals surface area contributed by atoms with E-state index in [9.17, 15) is 0 Å². The van der Waals surface area contributed by atoms with Gasteiger partial charge in [0.2, 0.25) is 0 Å². The molecule has 0 amide bonds. The van der Waals surface area contributed by atoms with Crippen molar-refractivity contribution in [2.75, 3.05) is 0 Å². The highest BCUT2D eigenvalue weighted by molar-refractivity contribution is 5.28. The van der Waals surface area contributed by atoms with Crippen LogP contribution in [0.15, 0.2) is 36.5 Å². The van der Waals surface area contributed by atoms with Gasteiger partial charge in [0.25, 0.3) is 0 Å². The molecule has 2 rings (SSSR count). The van der Waals surface area contributed by atoms with Gasteiger partial charge in [-0.3, -0.25) is 11.3 Å². The van der Waals surface area contributed by atoms with Gasteiger partial charge >= 0.3 is 0 Å². The van der Waals surface area contributed by atoms with Crippen LogP contribution in [0.5, 0.6) is 0 Å². The Balaban J connectivity index is 2.20. The maximum atomic E-state index is 5.66. The van der Waals surface area contributed by atoms with Crippen LogP contribution in [-0.4, -0.2) is 15.0 Å². The third kappa shape index (κ3) is 3.19. The number of hydrazine groups is 1. The first-order chi connectivity index (χ1) is 9.26. The van der Waals surface area contributed by atoms with Crippen LogP contribution >= 0.6 is 0 Å². The Kier molecular flexibility index (Phi) is 4.65. The smallest absolute Gasteiger partial charge is 0.102 e. The summed E-state index contributed by atoms with van der Waals surface area (Å²) in [5, 5.41) is 8.83. The third-order valence-corrected chi connectivity index (χ3v) is 3.31. The molecule has 19 heavy (non-hydrogen) atoms. The van der Waals surface area contributed by atoms with E-state index in [0.717, 1.165) is 24.2 Å². The minimum atomic E-state index is 0.0393. The van der Waals surface area contributed by atoms with Crippen molar-refractivity contribution >= 4 is 0 Å². The van der Waals surface area contributed by atoms with Crippen LogP contribution in [0.3, 0.4) is 0 Å². The lowest BCUT2D eigenvalue weighted by atomic mass is 9.95. The summed E-state index contributed by atoms with van der Waals surface area (Å²) in [6.45, 7) is 4.35. The van der Waals surface area contributed by atoms with Gasteiger partial charge in [0, 0.05) is 0 Å². The van der Waals surface area contributed by atoms with Gasteiger partial charge in [-0.15, -0.1) is 0 Å². The number of nitrogens with one attached hydrogen (secondary N) is 1. The minimum absolute atomic E-state index is 0.0393. The van der Waals surface area contributed by atoms with Crippen LogP contribution in [0.4, 0.5) is 0 Å². The molecule has 0 saturated carbocycles. The van der Waals surface area contributed by atoms with E-state index in [-0.39, 0.29) is 6.04 Å². The van der Waals surface area contributed by atoms with E-state index in [1.807, 2.05) is 30.3 Å². The quantitative estimate of drug-likeness (QED) is 0.616. The molecule has 0 aliphatic carbocycles. The lowest BCUT2D eigenvalue weighted by molar-refractivity contribution is 0.360. The first-order valence-corrected chi connectivity index (χ1v) is 6.70. The maximum absolute atomic E-state index is 5.66. The van der Waals surface area contributed by atoms with E-state index >= 15 is 0 Å². The molecule has 0 aliphatic rings. The molecule has 2 unspecified atom stereocenters. The summed E-state index contributed by atoms with van der Waals surface area (Å²) in [5.74, 6) is 6.08. The minimum Gasteiger partial charge on any atom is -0.271 e. The van der Waals surface area contributed by atoms with Gasteiger partial charge in [-0.25, -0.2) is 0 Å². The number of para-hydroxylation sites is 1. The summed E-state index contributed by atoms with van der Waals surface area (Å²) >= 11 is 0. The van der Waals surface area contributed by atoms with Gasteiger partial charge in [-0.05, 0) is 24.5 Å². The molecule has 1 aromatic carbocycles. The highest BCUT2D eigenvalue weighted by Crippen LogP contribution is 2.23. The first-order valence-electron chi connectivity index (χ1n) is 6.70. The zero-order valence-electron chi connectivity index (χ0n) is 11.5. The Morgan fingerprint density at radius 3 is 2.68 bits per heavy atom. The Bertz CT molecular complexity index is 494. The molecule has 0 aliphatic heterocycles. The monoisotopic (exact) mass is 259 g/mol. The van der Waals surface area contributed by atoms with Gasteiger partial charge in [0.15, 0.2) is 0 Å². The summed E-state index contributed by atoms with van der Waals surface area (Å²) in [6, 6.07) is 9.90. The van der Waals surface area contributed by atoms with Crippen LogP contribution in [0.2, 0.25) is 0 Å².